The molecule has 0 fully saturated rings. The summed E-state index contributed by atoms with van der Waals surface area (Å²) in [5.41, 5.74) is 0. The molecule has 0 radical (unpaired) electrons. The number of halogens is 8. The van der Waals surface area contributed by atoms with E-state index in [2.05, 4.69) is 111 Å². The predicted molar refractivity (Wildman–Crippen MR) is 76.7 cm³/mol. The van der Waals surface area contributed by atoms with Crippen molar-refractivity contribution in [1.29, 1.82) is 0 Å². The molecule has 1 nitrogen and oxygen atoms in total. The van der Waals surface area contributed by atoms with Crippen molar-refractivity contribution >= 4 is 116 Å². The van der Waals surface area contributed by atoms with Gasteiger partial charge in [0, 0.05) is 0 Å². The maximum Gasteiger partial charge on any atom is 0.339 e. The third-order valence-electron chi connectivity index (χ3n) is 0. The zero-order valence-electron chi connectivity index (χ0n) is 4.33. The summed E-state index contributed by atoms with van der Waals surface area (Å²) in [7, 11) is 0. The SMILES string of the molecule is BrP(Br)(Br)(Br)Br.O=P(Cl)(Cl)Cl. The second-order valence-corrected chi connectivity index (χ2v) is 58.8. The zero-order valence-corrected chi connectivity index (χ0v) is 16.3. The molecular weight excluding hydrogens is 584 g/mol. The Labute approximate surface area is 119 Å². The van der Waals surface area contributed by atoms with Crippen LogP contribution >= 0.6 is 116 Å². The van der Waals surface area contributed by atoms with Crippen LogP contribution < -0.4 is 0 Å². The maximum absolute atomic E-state index is 9.51. The van der Waals surface area contributed by atoms with Gasteiger partial charge in [0.25, 0.3) is 0 Å². The molecule has 0 aliphatic carbocycles. The fourth-order valence-electron chi connectivity index (χ4n) is 0. The van der Waals surface area contributed by atoms with Crippen LogP contribution in [0.4, 0.5) is 0 Å². The smallest absolute Gasteiger partial charge is 0.271 e. The standard InChI is InChI=1S/Br5P.Cl3OP/c1-6(2,3,4)5;1-5(2,3)4. The van der Waals surface area contributed by atoms with Crippen molar-refractivity contribution in [3.05, 3.63) is 0 Å². The quantitative estimate of drug-likeness (QED) is 0.265. The number of hydrogen-bond acceptors (Lipinski definition) is 1. The zero-order chi connectivity index (χ0) is 9.95. The molecule has 0 rings (SSSR count). The van der Waals surface area contributed by atoms with Crippen molar-refractivity contribution in [1.82, 2.24) is 0 Å². The fourth-order valence-corrected chi connectivity index (χ4v) is 0. The summed E-state index contributed by atoms with van der Waals surface area (Å²) in [5.74, 6) is 0. The van der Waals surface area contributed by atoms with Crippen LogP contribution in [-0.2, 0) is 4.57 Å². The van der Waals surface area contributed by atoms with Gasteiger partial charge in [-0.2, -0.15) is 0 Å². The first kappa shape index (κ1) is 17.3. The Kier molecular flexibility index (Phi) is 9.24. The minimum absolute atomic E-state index is 1.99. The largest absolute Gasteiger partial charge is 0.339 e. The third-order valence-corrected chi connectivity index (χ3v) is 0. The molecule has 0 aromatic rings. The van der Waals surface area contributed by atoms with Crippen molar-refractivity contribution in [2.45, 2.75) is 0 Å². The Balaban J connectivity index is 0. The molecule has 0 aliphatic rings. The van der Waals surface area contributed by atoms with E-state index in [1.165, 1.54) is 0 Å². The molecule has 0 N–H and O–H groups in total. The second kappa shape index (κ2) is 5.86. The van der Waals surface area contributed by atoms with Gasteiger partial charge >= 0.3 is 82.8 Å². The molecule has 0 amide bonds. The van der Waals surface area contributed by atoms with Gasteiger partial charge in [-0.05, 0) is 33.7 Å². The maximum atomic E-state index is 9.51. The summed E-state index contributed by atoms with van der Waals surface area (Å²) < 4.78 is 7.52. The van der Waals surface area contributed by atoms with Crippen LogP contribution in [0.25, 0.3) is 0 Å². The van der Waals surface area contributed by atoms with Crippen LogP contribution in [0.3, 0.4) is 0 Å². The van der Waals surface area contributed by atoms with E-state index in [0.717, 1.165) is 0 Å². The van der Waals surface area contributed by atoms with Crippen molar-refractivity contribution in [3.8, 4) is 0 Å². The molecule has 11 heteroatoms. The van der Waals surface area contributed by atoms with Crippen LogP contribution in [0.1, 0.15) is 0 Å². The second-order valence-electron chi connectivity index (χ2n) is 1.04. The van der Waals surface area contributed by atoms with Crippen LogP contribution in [0.2, 0.25) is 0 Å². The van der Waals surface area contributed by atoms with E-state index in [0.29, 0.717) is 0 Å². The number of hydrogen-bond donors (Lipinski definition) is 0. The number of rotatable bonds is 0. The van der Waals surface area contributed by atoms with E-state index in [1.54, 1.807) is 0 Å². The summed E-state index contributed by atoms with van der Waals surface area (Å²) in [5, 5.41) is -3.22. The molecule has 0 aliphatic heterocycles. The Hall–Kier alpha value is 3.93. The molecule has 0 aromatic carbocycles. The van der Waals surface area contributed by atoms with Crippen molar-refractivity contribution in [2.24, 2.45) is 0 Å². The van der Waals surface area contributed by atoms with Crippen LogP contribution in [0.15, 0.2) is 0 Å². The van der Waals surface area contributed by atoms with Crippen LogP contribution in [0, 0.1) is 0 Å². The van der Waals surface area contributed by atoms with Gasteiger partial charge in [0.2, 0.25) is 0 Å². The van der Waals surface area contributed by atoms with E-state index in [4.69, 9.17) is 0 Å². The summed E-state index contributed by atoms with van der Waals surface area (Å²) in [4.78, 5) is 0. The topological polar surface area (TPSA) is 17.1 Å². The first-order valence-electron chi connectivity index (χ1n) is 1.53. The molecule has 0 unspecified atom stereocenters. The van der Waals surface area contributed by atoms with E-state index in [1.807, 2.05) is 0 Å². The van der Waals surface area contributed by atoms with Crippen LogP contribution in [-0.4, -0.2) is 0 Å². The third kappa shape index (κ3) is 128. The molecular formula is Br5Cl3OP2. The summed E-state index contributed by atoms with van der Waals surface area (Å²) in [6.07, 6.45) is 0. The Morgan fingerprint density at radius 2 is 0.909 bits per heavy atom. The molecule has 0 atom stereocenters. The molecule has 0 saturated heterocycles. The van der Waals surface area contributed by atoms with Crippen molar-refractivity contribution in [3.63, 3.8) is 0 Å². The Bertz CT molecular complexity index is 139. The van der Waals surface area contributed by atoms with Gasteiger partial charge in [-0.1, -0.05) is 0 Å². The van der Waals surface area contributed by atoms with Gasteiger partial charge < -0.3 is 0 Å². The van der Waals surface area contributed by atoms with Crippen molar-refractivity contribution in [2.75, 3.05) is 0 Å². The first-order chi connectivity index (χ1) is 4.24. The van der Waals surface area contributed by atoms with Gasteiger partial charge in [-0.3, -0.25) is 4.57 Å². The van der Waals surface area contributed by atoms with Crippen molar-refractivity contribution < 1.29 is 4.57 Å². The minimum Gasteiger partial charge on any atom is -0.271 e. The van der Waals surface area contributed by atoms with E-state index in [-0.39, 0.29) is 0 Å². The molecule has 72 valence electrons. The Morgan fingerprint density at radius 3 is 0.909 bits per heavy atom. The van der Waals surface area contributed by atoms with E-state index in [9.17, 15) is 4.57 Å². The minimum atomic E-state index is -3.22. The van der Waals surface area contributed by atoms with Gasteiger partial charge in [0.1, 0.15) is 0 Å². The molecule has 0 spiro atoms. The average molecular weight is 584 g/mol. The van der Waals surface area contributed by atoms with E-state index >= 15 is 0 Å². The van der Waals surface area contributed by atoms with Gasteiger partial charge in [0.05, 0.1) is 0 Å². The molecule has 0 saturated carbocycles. The van der Waals surface area contributed by atoms with Gasteiger partial charge in [0.15, 0.2) is 0 Å². The fraction of sp³-hybridized carbons (Fsp3) is 0. The molecule has 11 heavy (non-hydrogen) atoms. The summed E-state index contributed by atoms with van der Waals surface area (Å²) >= 11 is 30.2. The van der Waals surface area contributed by atoms with Crippen LogP contribution in [0.5, 0.6) is 0 Å². The average Bonchev–Trinajstić information content (AvgIpc) is 1.07. The molecule has 0 aromatic heterocycles. The summed E-state index contributed by atoms with van der Waals surface area (Å²) in [6.45, 7) is 0. The summed E-state index contributed by atoms with van der Waals surface area (Å²) in [6, 6.07) is 0. The van der Waals surface area contributed by atoms with Gasteiger partial charge in [-0.25, -0.2) is 0 Å². The normalized spacial score (nSPS) is 15.8. The Morgan fingerprint density at radius 1 is 0.909 bits per heavy atom. The first-order valence-corrected chi connectivity index (χ1v) is 18.3. The molecule has 0 bridgehead atoms. The predicted octanol–water partition coefficient (Wildman–Crippen LogP) is 7.90. The van der Waals surface area contributed by atoms with Gasteiger partial charge in [-0.15, -0.1) is 0 Å². The monoisotopic (exact) mass is 577 g/mol. The molecule has 0 heterocycles. The van der Waals surface area contributed by atoms with E-state index < -0.39 is 5.32 Å².